The summed E-state index contributed by atoms with van der Waals surface area (Å²) in [4.78, 5) is 12.6. The van der Waals surface area contributed by atoms with Gasteiger partial charge in [-0.3, -0.25) is 4.79 Å². The van der Waals surface area contributed by atoms with Crippen LogP contribution in [-0.4, -0.2) is 10.4 Å². The molecule has 0 radical (unpaired) electrons. The summed E-state index contributed by atoms with van der Waals surface area (Å²) >= 11 is 0. The van der Waals surface area contributed by atoms with E-state index in [1.807, 2.05) is 48.1 Å². The molecule has 4 aromatic rings. The van der Waals surface area contributed by atoms with E-state index in [1.165, 1.54) is 17.7 Å². The van der Waals surface area contributed by atoms with Gasteiger partial charge >= 0.3 is 6.18 Å². The smallest absolute Gasteiger partial charge is 0.339 e. The van der Waals surface area contributed by atoms with Crippen LogP contribution in [0, 0.1) is 6.92 Å². The number of rotatable bonds is 5. The number of ketones is 1. The molecule has 0 unspecified atom stereocenters. The maximum absolute atomic E-state index is 12.7. The lowest BCUT2D eigenvalue weighted by Gasteiger charge is -2.08. The lowest BCUT2D eigenvalue weighted by atomic mass is 10.1. The maximum Gasteiger partial charge on any atom is 0.416 e. The molecule has 2 aromatic heterocycles. The molecule has 0 saturated carbocycles. The lowest BCUT2D eigenvalue weighted by molar-refractivity contribution is -0.687. The van der Waals surface area contributed by atoms with Gasteiger partial charge in [0.1, 0.15) is 0 Å². The van der Waals surface area contributed by atoms with Crippen LogP contribution in [0.1, 0.15) is 27.0 Å². The zero-order valence-corrected chi connectivity index (χ0v) is 16.4. The normalized spacial score (nSPS) is 11.7. The van der Waals surface area contributed by atoms with Crippen LogP contribution >= 0.6 is 0 Å². The summed E-state index contributed by atoms with van der Waals surface area (Å²) in [5.41, 5.74) is 2.64. The molecule has 0 fully saturated rings. The predicted molar refractivity (Wildman–Crippen MR) is 108 cm³/mol. The molecule has 0 bridgehead atoms. The third kappa shape index (κ3) is 4.13. The molecule has 152 valence electrons. The van der Waals surface area contributed by atoms with Crippen molar-refractivity contribution in [3.8, 4) is 0 Å². The number of nitrogens with zero attached hydrogens (tertiary/aromatic N) is 2. The summed E-state index contributed by atoms with van der Waals surface area (Å²) < 4.78 is 42.1. The van der Waals surface area contributed by atoms with Crippen molar-refractivity contribution in [1.82, 2.24) is 4.57 Å². The van der Waals surface area contributed by atoms with E-state index in [0.29, 0.717) is 0 Å². The zero-order valence-electron chi connectivity index (χ0n) is 16.4. The second kappa shape index (κ2) is 7.78. The summed E-state index contributed by atoms with van der Waals surface area (Å²) in [5, 5.41) is 1.04. The van der Waals surface area contributed by atoms with E-state index >= 15 is 0 Å². The Morgan fingerprint density at radius 1 is 1.00 bits per heavy atom. The molecule has 0 aliphatic carbocycles. The van der Waals surface area contributed by atoms with Crippen molar-refractivity contribution in [3.05, 3.63) is 102 Å². The summed E-state index contributed by atoms with van der Waals surface area (Å²) in [6.45, 7) is 2.79. The fourth-order valence-corrected chi connectivity index (χ4v) is 3.57. The Balaban J connectivity index is 1.56. The molecule has 0 aliphatic rings. The molecule has 4 rings (SSSR count). The van der Waals surface area contributed by atoms with Crippen LogP contribution in [0.5, 0.6) is 0 Å². The average molecular weight is 409 g/mol. The molecule has 0 amide bonds. The lowest BCUT2D eigenvalue weighted by Crippen LogP contribution is -2.33. The molecule has 6 heteroatoms. The van der Waals surface area contributed by atoms with Gasteiger partial charge in [0, 0.05) is 23.4 Å². The minimum Gasteiger partial charge on any atom is -0.339 e. The topological polar surface area (TPSA) is 25.9 Å². The Morgan fingerprint density at radius 3 is 2.37 bits per heavy atom. The minimum atomic E-state index is -4.41. The van der Waals surface area contributed by atoms with Gasteiger partial charge in [0.2, 0.25) is 0 Å². The molecular formula is C24H20F3N2O+. The van der Waals surface area contributed by atoms with Gasteiger partial charge in [-0.15, -0.1) is 0 Å². The van der Waals surface area contributed by atoms with Crippen LogP contribution in [0.2, 0.25) is 0 Å². The van der Waals surface area contributed by atoms with Crippen LogP contribution in [0.25, 0.3) is 10.9 Å². The third-order valence-corrected chi connectivity index (χ3v) is 5.13. The highest BCUT2D eigenvalue weighted by Gasteiger charge is 2.30. The predicted octanol–water partition coefficient (Wildman–Crippen LogP) is 5.19. The number of benzene rings is 2. The Morgan fingerprint density at radius 2 is 1.70 bits per heavy atom. The van der Waals surface area contributed by atoms with Gasteiger partial charge in [0.25, 0.3) is 0 Å². The Hall–Kier alpha value is -3.41. The van der Waals surface area contributed by atoms with Crippen LogP contribution in [-0.2, 0) is 19.3 Å². The van der Waals surface area contributed by atoms with E-state index in [9.17, 15) is 18.0 Å². The first-order valence-corrected chi connectivity index (χ1v) is 9.54. The van der Waals surface area contributed by atoms with Crippen molar-refractivity contribution in [2.24, 2.45) is 0 Å². The average Bonchev–Trinajstić information content (AvgIpc) is 3.03. The van der Waals surface area contributed by atoms with Gasteiger partial charge in [0.15, 0.2) is 24.7 Å². The summed E-state index contributed by atoms with van der Waals surface area (Å²) in [5.74, 6) is -0.235. The van der Waals surface area contributed by atoms with Gasteiger partial charge in [-0.1, -0.05) is 42.5 Å². The Labute approximate surface area is 172 Å². The largest absolute Gasteiger partial charge is 0.416 e. The highest BCUT2D eigenvalue weighted by atomic mass is 19.4. The van der Waals surface area contributed by atoms with E-state index in [2.05, 4.69) is 22.9 Å². The van der Waals surface area contributed by atoms with Gasteiger partial charge in [-0.05, 0) is 24.6 Å². The second-order valence-electron chi connectivity index (χ2n) is 7.34. The number of halogens is 3. The Bertz CT molecular complexity index is 1190. The SMILES string of the molecule is Cc1cn(CC(=O)c2ccc(C(F)(F)F)cc2)c2cc[n+](Cc3ccccc3)cc12. The summed E-state index contributed by atoms with van der Waals surface area (Å²) in [7, 11) is 0. The first-order valence-electron chi connectivity index (χ1n) is 9.54. The quantitative estimate of drug-likeness (QED) is 0.329. The zero-order chi connectivity index (χ0) is 21.3. The number of aryl methyl sites for hydroxylation is 1. The summed E-state index contributed by atoms with van der Waals surface area (Å²) in [6, 6.07) is 16.4. The molecular weight excluding hydrogens is 389 g/mol. The number of Topliss-reactive ketones (excluding diaryl/α,β-unsaturated/α-hetero) is 1. The number of fused-ring (bicyclic) bond motifs is 1. The number of carbonyl (C=O) groups excluding carboxylic acids is 1. The molecule has 3 nitrogen and oxygen atoms in total. The van der Waals surface area contributed by atoms with Crippen LogP contribution in [0.3, 0.4) is 0 Å². The van der Waals surface area contributed by atoms with Crippen molar-refractivity contribution >= 4 is 16.7 Å². The van der Waals surface area contributed by atoms with Crippen molar-refractivity contribution in [1.29, 1.82) is 0 Å². The van der Waals surface area contributed by atoms with E-state index in [-0.39, 0.29) is 17.9 Å². The number of hydrogen-bond donors (Lipinski definition) is 0. The van der Waals surface area contributed by atoms with Gasteiger partial charge in [-0.2, -0.15) is 13.2 Å². The molecule has 2 heterocycles. The van der Waals surface area contributed by atoms with Gasteiger partial charge in [-0.25, -0.2) is 4.57 Å². The molecule has 0 atom stereocenters. The molecule has 2 aromatic carbocycles. The van der Waals surface area contributed by atoms with Crippen LogP contribution in [0.15, 0.2) is 79.3 Å². The van der Waals surface area contributed by atoms with Crippen molar-refractivity contribution in [2.75, 3.05) is 0 Å². The van der Waals surface area contributed by atoms with Crippen molar-refractivity contribution in [2.45, 2.75) is 26.2 Å². The van der Waals surface area contributed by atoms with E-state index < -0.39 is 11.7 Å². The van der Waals surface area contributed by atoms with Gasteiger partial charge < -0.3 is 4.57 Å². The molecule has 0 saturated heterocycles. The number of alkyl halides is 3. The second-order valence-corrected chi connectivity index (χ2v) is 7.34. The number of hydrogen-bond acceptors (Lipinski definition) is 1. The summed E-state index contributed by atoms with van der Waals surface area (Å²) in [6.07, 6.45) is 1.51. The molecule has 0 aliphatic heterocycles. The monoisotopic (exact) mass is 409 g/mol. The Kier molecular flexibility index (Phi) is 5.16. The number of pyridine rings is 1. The molecule has 0 N–H and O–H groups in total. The van der Waals surface area contributed by atoms with Crippen LogP contribution < -0.4 is 4.57 Å². The minimum absolute atomic E-state index is 0.0679. The highest BCUT2D eigenvalue weighted by Crippen LogP contribution is 2.29. The maximum atomic E-state index is 12.7. The fraction of sp³-hybridized carbons (Fsp3) is 0.167. The van der Waals surface area contributed by atoms with Gasteiger partial charge in [0.05, 0.1) is 23.0 Å². The standard InChI is InChI=1S/C24H20F3N2O/c1-17-13-29(16-23(30)19-7-9-20(10-8-19)24(25,26)27)22-11-12-28(15-21(17)22)14-18-5-3-2-4-6-18/h2-13,15H,14,16H2,1H3/q+1. The van der Waals surface area contributed by atoms with E-state index in [0.717, 1.165) is 35.1 Å². The third-order valence-electron chi connectivity index (χ3n) is 5.13. The van der Waals surface area contributed by atoms with Crippen LogP contribution in [0.4, 0.5) is 13.2 Å². The number of aromatic nitrogens is 2. The first-order chi connectivity index (χ1) is 14.3. The van der Waals surface area contributed by atoms with Crippen molar-refractivity contribution in [3.63, 3.8) is 0 Å². The number of carbonyl (C=O) groups is 1. The molecule has 30 heavy (non-hydrogen) atoms. The van der Waals surface area contributed by atoms with E-state index in [4.69, 9.17) is 0 Å². The highest BCUT2D eigenvalue weighted by molar-refractivity contribution is 5.97. The van der Waals surface area contributed by atoms with Crippen molar-refractivity contribution < 1.29 is 22.5 Å². The fourth-order valence-electron chi connectivity index (χ4n) is 3.57. The van der Waals surface area contributed by atoms with E-state index in [1.54, 1.807) is 0 Å². The first kappa shape index (κ1) is 19.9. The molecule has 0 spiro atoms.